The highest BCUT2D eigenvalue weighted by atomic mass is 16.5. The Kier molecular flexibility index (Phi) is 3.02. The number of hydrogen-bond acceptors (Lipinski definition) is 5. The third-order valence-electron chi connectivity index (χ3n) is 2.69. The molecule has 0 aliphatic carbocycles. The summed E-state index contributed by atoms with van der Waals surface area (Å²) in [6.07, 6.45) is 2.03. The molecule has 15 heavy (non-hydrogen) atoms. The van der Waals surface area contributed by atoms with Crippen LogP contribution in [0.25, 0.3) is 0 Å². The van der Waals surface area contributed by atoms with Gasteiger partial charge in [-0.05, 0) is 26.3 Å². The van der Waals surface area contributed by atoms with Gasteiger partial charge in [-0.25, -0.2) is 0 Å². The lowest BCUT2D eigenvalue weighted by Gasteiger charge is -2.17. The van der Waals surface area contributed by atoms with Crippen LogP contribution in [0.1, 0.15) is 38.4 Å². The second-order valence-electron chi connectivity index (χ2n) is 3.97. The number of rotatable bonds is 4. The summed E-state index contributed by atoms with van der Waals surface area (Å²) in [6, 6.07) is 0. The van der Waals surface area contributed by atoms with Crippen molar-refractivity contribution in [3.05, 3.63) is 11.7 Å². The summed E-state index contributed by atoms with van der Waals surface area (Å²) in [6.45, 7) is 6.36. The lowest BCUT2D eigenvalue weighted by Crippen LogP contribution is -2.22. The van der Waals surface area contributed by atoms with Crippen molar-refractivity contribution in [1.29, 1.82) is 0 Å². The molecular weight excluding hydrogens is 194 g/mol. The molecular formula is C10H17N3O2. The fourth-order valence-electron chi connectivity index (χ4n) is 1.73. The van der Waals surface area contributed by atoms with E-state index in [9.17, 15) is 0 Å². The topological polar surface area (TPSA) is 60.2 Å². The highest BCUT2D eigenvalue weighted by Crippen LogP contribution is 2.33. The van der Waals surface area contributed by atoms with Gasteiger partial charge in [0.05, 0.1) is 6.54 Å². The molecule has 1 aliphatic heterocycles. The highest BCUT2D eigenvalue weighted by molar-refractivity contribution is 5.01. The first kappa shape index (κ1) is 10.6. The van der Waals surface area contributed by atoms with E-state index in [1.165, 1.54) is 0 Å². The minimum atomic E-state index is -0.339. The van der Waals surface area contributed by atoms with Crippen LogP contribution < -0.4 is 5.32 Å². The van der Waals surface area contributed by atoms with Crippen molar-refractivity contribution in [2.75, 3.05) is 13.2 Å². The fourth-order valence-corrected chi connectivity index (χ4v) is 1.73. The number of nitrogens with zero attached hydrogens (tertiary/aromatic N) is 2. The van der Waals surface area contributed by atoms with Gasteiger partial charge in [0, 0.05) is 6.61 Å². The van der Waals surface area contributed by atoms with Gasteiger partial charge in [-0.15, -0.1) is 0 Å². The molecule has 1 fully saturated rings. The van der Waals surface area contributed by atoms with E-state index in [4.69, 9.17) is 9.26 Å². The van der Waals surface area contributed by atoms with Crippen molar-refractivity contribution in [3.63, 3.8) is 0 Å². The molecule has 0 amide bonds. The van der Waals surface area contributed by atoms with Gasteiger partial charge in [-0.3, -0.25) is 0 Å². The molecule has 1 N–H and O–H groups in total. The molecule has 1 aromatic heterocycles. The summed E-state index contributed by atoms with van der Waals surface area (Å²) >= 11 is 0. The lowest BCUT2D eigenvalue weighted by molar-refractivity contribution is 0.00768. The van der Waals surface area contributed by atoms with Gasteiger partial charge < -0.3 is 14.6 Å². The molecule has 84 valence electrons. The van der Waals surface area contributed by atoms with Crippen LogP contribution in [-0.2, 0) is 16.9 Å². The molecule has 0 radical (unpaired) electrons. The van der Waals surface area contributed by atoms with Crippen molar-refractivity contribution >= 4 is 0 Å². The molecule has 2 rings (SSSR count). The number of aromatic nitrogens is 2. The van der Waals surface area contributed by atoms with Gasteiger partial charge in [0.25, 0.3) is 0 Å². The quantitative estimate of drug-likeness (QED) is 0.811. The summed E-state index contributed by atoms with van der Waals surface area (Å²) in [5.74, 6) is 1.30. The molecule has 0 bridgehead atoms. The number of nitrogens with one attached hydrogen (secondary N) is 1. The van der Waals surface area contributed by atoms with E-state index in [1.807, 2.05) is 13.8 Å². The molecule has 0 spiro atoms. The Morgan fingerprint density at radius 2 is 2.40 bits per heavy atom. The summed E-state index contributed by atoms with van der Waals surface area (Å²) in [5, 5.41) is 7.12. The first-order chi connectivity index (χ1) is 7.24. The molecule has 1 unspecified atom stereocenters. The Hall–Kier alpha value is -0.940. The molecule has 5 nitrogen and oxygen atoms in total. The smallest absolute Gasteiger partial charge is 0.240 e. The van der Waals surface area contributed by atoms with Gasteiger partial charge >= 0.3 is 0 Å². The molecule has 1 aliphatic rings. The Bertz CT molecular complexity index is 318. The van der Waals surface area contributed by atoms with Gasteiger partial charge in [-0.1, -0.05) is 12.1 Å². The van der Waals surface area contributed by atoms with Crippen LogP contribution in [0, 0.1) is 0 Å². The Labute approximate surface area is 89.2 Å². The van der Waals surface area contributed by atoms with E-state index in [0.29, 0.717) is 18.3 Å². The van der Waals surface area contributed by atoms with Gasteiger partial charge in [0.2, 0.25) is 11.7 Å². The van der Waals surface area contributed by atoms with E-state index in [2.05, 4.69) is 15.5 Å². The van der Waals surface area contributed by atoms with Crippen molar-refractivity contribution in [1.82, 2.24) is 15.5 Å². The largest absolute Gasteiger partial charge is 0.367 e. The van der Waals surface area contributed by atoms with Gasteiger partial charge in [0.1, 0.15) is 5.60 Å². The summed E-state index contributed by atoms with van der Waals surface area (Å²) < 4.78 is 10.8. The first-order valence-corrected chi connectivity index (χ1v) is 5.42. The van der Waals surface area contributed by atoms with E-state index < -0.39 is 0 Å². The zero-order valence-electron chi connectivity index (χ0n) is 9.25. The van der Waals surface area contributed by atoms with Gasteiger partial charge in [-0.2, -0.15) is 4.98 Å². The van der Waals surface area contributed by atoms with E-state index in [1.54, 1.807) is 0 Å². The Balaban J connectivity index is 2.05. The monoisotopic (exact) mass is 211 g/mol. The Morgan fingerprint density at radius 3 is 3.07 bits per heavy atom. The van der Waals surface area contributed by atoms with E-state index >= 15 is 0 Å². The zero-order valence-corrected chi connectivity index (χ0v) is 9.25. The molecule has 0 saturated carbocycles. The molecule has 1 aromatic rings. The van der Waals surface area contributed by atoms with Gasteiger partial charge in [0.15, 0.2) is 0 Å². The first-order valence-electron chi connectivity index (χ1n) is 5.42. The molecule has 2 heterocycles. The summed E-state index contributed by atoms with van der Waals surface area (Å²) in [7, 11) is 0. The molecule has 0 aromatic carbocycles. The maximum atomic E-state index is 5.64. The molecule has 5 heteroatoms. The van der Waals surface area contributed by atoms with Crippen molar-refractivity contribution < 1.29 is 9.26 Å². The minimum absolute atomic E-state index is 0.339. The zero-order chi connectivity index (χ0) is 10.7. The second-order valence-corrected chi connectivity index (χ2v) is 3.97. The SMILES string of the molecule is CCNCc1nc(C2(C)CCCO2)no1. The van der Waals surface area contributed by atoms with E-state index in [-0.39, 0.29) is 5.60 Å². The number of hydrogen-bond donors (Lipinski definition) is 1. The van der Waals surface area contributed by atoms with E-state index in [0.717, 1.165) is 26.0 Å². The van der Waals surface area contributed by atoms with Crippen LogP contribution in [0.3, 0.4) is 0 Å². The standard InChI is InChI=1S/C10H17N3O2/c1-3-11-7-8-12-9(13-15-8)10(2)5-4-6-14-10/h11H,3-7H2,1-2H3. The van der Waals surface area contributed by atoms with Crippen LogP contribution in [0.2, 0.25) is 0 Å². The van der Waals surface area contributed by atoms with Crippen LogP contribution >= 0.6 is 0 Å². The van der Waals surface area contributed by atoms with Crippen LogP contribution in [0.5, 0.6) is 0 Å². The van der Waals surface area contributed by atoms with Crippen molar-refractivity contribution in [2.24, 2.45) is 0 Å². The summed E-state index contributed by atoms with van der Waals surface area (Å²) in [5.41, 5.74) is -0.339. The van der Waals surface area contributed by atoms with Crippen LogP contribution in [0.15, 0.2) is 4.52 Å². The Morgan fingerprint density at radius 1 is 1.53 bits per heavy atom. The van der Waals surface area contributed by atoms with Crippen LogP contribution in [-0.4, -0.2) is 23.3 Å². The fraction of sp³-hybridized carbons (Fsp3) is 0.800. The lowest BCUT2D eigenvalue weighted by atomic mass is 10.0. The number of ether oxygens (including phenoxy) is 1. The average molecular weight is 211 g/mol. The third-order valence-corrected chi connectivity index (χ3v) is 2.69. The predicted molar refractivity (Wildman–Crippen MR) is 54.2 cm³/mol. The maximum absolute atomic E-state index is 5.64. The van der Waals surface area contributed by atoms with Crippen LogP contribution in [0.4, 0.5) is 0 Å². The average Bonchev–Trinajstić information content (AvgIpc) is 2.84. The highest BCUT2D eigenvalue weighted by Gasteiger charge is 2.36. The predicted octanol–water partition coefficient (Wildman–Crippen LogP) is 1.20. The van der Waals surface area contributed by atoms with Crippen molar-refractivity contribution in [3.8, 4) is 0 Å². The molecule has 1 saturated heterocycles. The normalized spacial score (nSPS) is 26.0. The maximum Gasteiger partial charge on any atom is 0.240 e. The minimum Gasteiger partial charge on any atom is -0.367 e. The van der Waals surface area contributed by atoms with Crippen molar-refractivity contribution in [2.45, 2.75) is 38.8 Å². The third kappa shape index (κ3) is 2.18. The molecule has 1 atom stereocenters. The summed E-state index contributed by atoms with van der Waals surface area (Å²) in [4.78, 5) is 4.34. The second kappa shape index (κ2) is 4.28.